The highest BCUT2D eigenvalue weighted by Gasteiger charge is 2.43. The second-order valence-corrected chi connectivity index (χ2v) is 10.8. The summed E-state index contributed by atoms with van der Waals surface area (Å²) >= 11 is 0. The number of benzene rings is 6. The molecule has 0 unspecified atom stereocenters. The van der Waals surface area contributed by atoms with Crippen molar-refractivity contribution in [2.24, 2.45) is 0 Å². The van der Waals surface area contributed by atoms with E-state index in [0.29, 0.717) is 0 Å². The molecule has 8 rings (SSSR count). The fraction of sp³-hybridized carbons (Fsp3) is 0.0500. The smallest absolute Gasteiger partial charge is 0.178 e. The summed E-state index contributed by atoms with van der Waals surface area (Å²) in [5, 5.41) is 2.27. The van der Waals surface area contributed by atoms with Crippen LogP contribution in [0.5, 0.6) is 11.5 Å². The van der Waals surface area contributed by atoms with Gasteiger partial charge in [-0.05, 0) is 35.1 Å². The number of ether oxygens (including phenoxy) is 2. The van der Waals surface area contributed by atoms with Gasteiger partial charge in [0.25, 0.3) is 0 Å². The molecule has 0 spiro atoms. The molecule has 200 valence electrons. The van der Waals surface area contributed by atoms with E-state index in [1.165, 1.54) is 0 Å². The zero-order chi connectivity index (χ0) is 28.0. The quantitative estimate of drug-likeness (QED) is 0.222. The molecule has 0 saturated heterocycles. The molecule has 0 amide bonds. The summed E-state index contributed by atoms with van der Waals surface area (Å²) < 4.78 is 14.6. The minimum absolute atomic E-state index is 0.750. The van der Waals surface area contributed by atoms with E-state index in [1.807, 2.05) is 24.3 Å². The maximum Gasteiger partial charge on any atom is 0.178 e. The van der Waals surface area contributed by atoms with E-state index in [2.05, 4.69) is 146 Å². The van der Waals surface area contributed by atoms with Crippen LogP contribution in [0.3, 0.4) is 0 Å². The van der Waals surface area contributed by atoms with Crippen molar-refractivity contribution in [3.05, 3.63) is 191 Å². The monoisotopic (exact) mass is 540 g/mol. The van der Waals surface area contributed by atoms with E-state index < -0.39 is 11.2 Å². The van der Waals surface area contributed by atoms with Crippen LogP contribution in [0.15, 0.2) is 158 Å². The van der Waals surface area contributed by atoms with Crippen LogP contribution in [0.4, 0.5) is 0 Å². The molecule has 0 saturated carbocycles. The molecule has 0 aliphatic carbocycles. The molecule has 42 heavy (non-hydrogen) atoms. The van der Waals surface area contributed by atoms with Gasteiger partial charge in [-0.1, -0.05) is 146 Å². The van der Waals surface area contributed by atoms with Gasteiger partial charge in [-0.25, -0.2) is 0 Å². The lowest BCUT2D eigenvalue weighted by Gasteiger charge is -2.41. The van der Waals surface area contributed by atoms with Crippen LogP contribution in [0.2, 0.25) is 0 Å². The van der Waals surface area contributed by atoms with Crippen LogP contribution in [-0.2, 0) is 11.2 Å². The first-order chi connectivity index (χ1) is 20.8. The van der Waals surface area contributed by atoms with Gasteiger partial charge in [0.2, 0.25) is 0 Å². The van der Waals surface area contributed by atoms with E-state index in [-0.39, 0.29) is 0 Å². The largest absolute Gasteiger partial charge is 0.469 e. The van der Waals surface area contributed by atoms with E-state index >= 15 is 0 Å². The third kappa shape index (κ3) is 3.65. The molecule has 2 heteroatoms. The van der Waals surface area contributed by atoms with Gasteiger partial charge in [0.1, 0.15) is 0 Å². The van der Waals surface area contributed by atoms with Crippen LogP contribution in [0.1, 0.15) is 33.4 Å². The molecule has 6 aromatic rings. The van der Waals surface area contributed by atoms with Crippen molar-refractivity contribution in [1.29, 1.82) is 0 Å². The lowest BCUT2D eigenvalue weighted by molar-refractivity contribution is 0.122. The summed E-state index contributed by atoms with van der Waals surface area (Å²) in [6.07, 6.45) is 8.82. The maximum absolute atomic E-state index is 7.32. The Balaban J connectivity index is 1.41. The first-order valence-electron chi connectivity index (χ1n) is 14.4. The van der Waals surface area contributed by atoms with Crippen molar-refractivity contribution in [3.63, 3.8) is 0 Å². The van der Waals surface area contributed by atoms with E-state index in [1.54, 1.807) is 0 Å². The van der Waals surface area contributed by atoms with E-state index in [0.717, 1.165) is 55.7 Å². The molecule has 6 aromatic carbocycles. The van der Waals surface area contributed by atoms with Crippen molar-refractivity contribution in [1.82, 2.24) is 0 Å². The summed E-state index contributed by atoms with van der Waals surface area (Å²) in [6, 6.07) is 50.3. The average molecular weight is 541 g/mol. The van der Waals surface area contributed by atoms with Gasteiger partial charge < -0.3 is 9.47 Å². The third-order valence-corrected chi connectivity index (χ3v) is 8.51. The molecule has 0 bridgehead atoms. The van der Waals surface area contributed by atoms with Crippen molar-refractivity contribution < 1.29 is 9.47 Å². The number of hydrogen-bond acceptors (Lipinski definition) is 2. The number of rotatable bonds is 4. The summed E-state index contributed by atoms with van der Waals surface area (Å²) in [5.41, 5.74) is 4.64. The van der Waals surface area contributed by atoms with Gasteiger partial charge in [-0.3, -0.25) is 0 Å². The van der Waals surface area contributed by atoms with E-state index in [9.17, 15) is 0 Å². The van der Waals surface area contributed by atoms with Crippen LogP contribution >= 0.6 is 0 Å². The second-order valence-electron chi connectivity index (χ2n) is 10.8. The second kappa shape index (κ2) is 9.64. The minimum Gasteiger partial charge on any atom is -0.469 e. The summed E-state index contributed by atoms with van der Waals surface area (Å²) in [6.45, 7) is 0. The van der Waals surface area contributed by atoms with Gasteiger partial charge >= 0.3 is 0 Å². The molecule has 0 N–H and O–H groups in total. The Morgan fingerprint density at radius 3 is 0.929 bits per heavy atom. The summed E-state index contributed by atoms with van der Waals surface area (Å²) in [7, 11) is 0. The highest BCUT2D eigenvalue weighted by atomic mass is 16.5. The predicted molar refractivity (Wildman–Crippen MR) is 171 cm³/mol. The molecule has 2 aliphatic rings. The van der Waals surface area contributed by atoms with E-state index in [4.69, 9.17) is 9.47 Å². The number of fused-ring (bicyclic) bond motifs is 6. The fourth-order valence-electron chi connectivity index (χ4n) is 6.46. The Hall–Kier alpha value is -5.34. The highest BCUT2D eigenvalue weighted by molar-refractivity contribution is 6.02. The SMILES string of the molecule is C1=CC(c2ccccc2)(c2ccccc2)Oc2c3c(c4ccccc4c21)C=CC(c1ccccc1)(c1ccccc1)O3. The Morgan fingerprint density at radius 2 is 0.619 bits per heavy atom. The molecule has 2 nitrogen and oxygen atoms in total. The van der Waals surface area contributed by atoms with Gasteiger partial charge in [0.05, 0.1) is 0 Å². The maximum atomic E-state index is 7.32. The molecule has 0 atom stereocenters. The first kappa shape index (κ1) is 24.5. The first-order valence-corrected chi connectivity index (χ1v) is 14.4. The van der Waals surface area contributed by atoms with Gasteiger partial charge in [0, 0.05) is 33.4 Å². The topological polar surface area (TPSA) is 18.5 Å². The molecule has 2 heterocycles. The zero-order valence-corrected chi connectivity index (χ0v) is 23.0. The molecular weight excluding hydrogens is 512 g/mol. The van der Waals surface area contributed by atoms with Crippen LogP contribution in [0.25, 0.3) is 22.9 Å². The fourth-order valence-corrected chi connectivity index (χ4v) is 6.46. The Morgan fingerprint density at radius 1 is 0.333 bits per heavy atom. The lowest BCUT2D eigenvalue weighted by Crippen LogP contribution is -2.37. The standard InChI is InChI=1S/C40H28O2/c1-5-15-29(16-6-1)39(30-17-7-2-8-18-30)27-25-35-33-23-13-14-24-34(33)36-26-28-40(31-19-9-3-10-20-31,32-21-11-4-12-22-32)42-38(36)37(35)41-39/h1-28H. The normalized spacial score (nSPS) is 15.7. The zero-order valence-electron chi connectivity index (χ0n) is 23.0. The Labute approximate surface area is 245 Å². The van der Waals surface area contributed by atoms with Crippen molar-refractivity contribution in [2.45, 2.75) is 11.2 Å². The lowest BCUT2D eigenvalue weighted by atomic mass is 9.81. The van der Waals surface area contributed by atoms with Crippen LogP contribution < -0.4 is 9.47 Å². The van der Waals surface area contributed by atoms with Crippen LogP contribution in [-0.4, -0.2) is 0 Å². The van der Waals surface area contributed by atoms with Crippen molar-refractivity contribution >= 4 is 22.9 Å². The summed E-state index contributed by atoms with van der Waals surface area (Å²) in [5.74, 6) is 1.50. The Kier molecular flexibility index (Phi) is 5.61. The minimum atomic E-state index is -0.821. The average Bonchev–Trinajstić information content (AvgIpc) is 3.09. The van der Waals surface area contributed by atoms with Crippen LogP contribution in [0, 0.1) is 0 Å². The third-order valence-electron chi connectivity index (χ3n) is 8.51. The molecule has 2 aliphatic heterocycles. The molecule has 0 fully saturated rings. The predicted octanol–water partition coefficient (Wildman–Crippen LogP) is 9.54. The molecule has 0 radical (unpaired) electrons. The Bertz CT molecular complexity index is 1730. The van der Waals surface area contributed by atoms with Gasteiger partial charge in [0.15, 0.2) is 22.7 Å². The summed E-state index contributed by atoms with van der Waals surface area (Å²) in [4.78, 5) is 0. The van der Waals surface area contributed by atoms with Gasteiger partial charge in [-0.15, -0.1) is 0 Å². The molecule has 0 aromatic heterocycles. The van der Waals surface area contributed by atoms with Gasteiger partial charge in [-0.2, -0.15) is 0 Å². The number of hydrogen-bond donors (Lipinski definition) is 0. The van der Waals surface area contributed by atoms with Crippen molar-refractivity contribution in [3.8, 4) is 11.5 Å². The van der Waals surface area contributed by atoms with Crippen molar-refractivity contribution in [2.75, 3.05) is 0 Å². The highest BCUT2D eigenvalue weighted by Crippen LogP contribution is 2.54. The molecular formula is C40H28O2.